The van der Waals surface area contributed by atoms with Gasteiger partial charge in [-0.05, 0) is 29.8 Å². The molecule has 98 valence electrons. The van der Waals surface area contributed by atoms with Crippen LogP contribution in [0.4, 0.5) is 0 Å². The first-order chi connectivity index (χ1) is 9.19. The van der Waals surface area contributed by atoms with Gasteiger partial charge >= 0.3 is 5.97 Å². The quantitative estimate of drug-likeness (QED) is 0.833. The molecular weight excluding hydrogens is 244 g/mol. The van der Waals surface area contributed by atoms with Crippen LogP contribution in [0.1, 0.15) is 11.1 Å². The van der Waals surface area contributed by atoms with Crippen LogP contribution in [0.5, 0.6) is 5.75 Å². The molecule has 19 heavy (non-hydrogen) atoms. The fraction of sp³-hybridized carbons (Fsp3) is 0.143. The van der Waals surface area contributed by atoms with E-state index in [0.717, 1.165) is 23.0 Å². The van der Waals surface area contributed by atoms with Crippen molar-refractivity contribution in [1.82, 2.24) is 9.78 Å². The highest BCUT2D eigenvalue weighted by molar-refractivity contribution is 5.85. The smallest absolute Gasteiger partial charge is 0.328 e. The summed E-state index contributed by atoms with van der Waals surface area (Å²) in [6, 6.07) is 7.37. The van der Waals surface area contributed by atoms with Gasteiger partial charge in [-0.3, -0.25) is 4.68 Å². The van der Waals surface area contributed by atoms with Crippen LogP contribution in [0.15, 0.2) is 42.7 Å². The Bertz CT molecular complexity index is 589. The predicted octanol–water partition coefficient (Wildman–Crippen LogP) is 2.04. The molecule has 0 saturated heterocycles. The number of methoxy groups -OCH3 is 1. The van der Waals surface area contributed by atoms with Gasteiger partial charge in [0.15, 0.2) is 0 Å². The number of carboxylic acids is 1. The normalized spacial score (nSPS) is 10.8. The van der Waals surface area contributed by atoms with E-state index >= 15 is 0 Å². The Kier molecular flexibility index (Phi) is 3.97. The van der Waals surface area contributed by atoms with Crippen molar-refractivity contribution in [2.75, 3.05) is 7.11 Å². The Morgan fingerprint density at radius 2 is 2.37 bits per heavy atom. The van der Waals surface area contributed by atoms with Gasteiger partial charge < -0.3 is 9.84 Å². The minimum atomic E-state index is -0.968. The molecule has 1 aromatic heterocycles. The average Bonchev–Trinajstić information content (AvgIpc) is 2.89. The van der Waals surface area contributed by atoms with E-state index in [4.69, 9.17) is 9.84 Å². The zero-order valence-corrected chi connectivity index (χ0v) is 10.5. The summed E-state index contributed by atoms with van der Waals surface area (Å²) < 4.78 is 7.07. The van der Waals surface area contributed by atoms with Crippen molar-refractivity contribution in [2.45, 2.75) is 6.54 Å². The Morgan fingerprint density at radius 1 is 1.53 bits per heavy atom. The molecule has 2 aromatic rings. The van der Waals surface area contributed by atoms with E-state index in [9.17, 15) is 4.79 Å². The molecule has 0 radical (unpaired) electrons. The first-order valence-corrected chi connectivity index (χ1v) is 5.74. The topological polar surface area (TPSA) is 64.3 Å². The van der Waals surface area contributed by atoms with Crippen molar-refractivity contribution < 1.29 is 14.6 Å². The van der Waals surface area contributed by atoms with Crippen molar-refractivity contribution in [2.24, 2.45) is 0 Å². The third-order valence-corrected chi connectivity index (χ3v) is 2.61. The summed E-state index contributed by atoms with van der Waals surface area (Å²) in [5.74, 6) is -0.215. The van der Waals surface area contributed by atoms with Gasteiger partial charge in [0.1, 0.15) is 5.75 Å². The maximum absolute atomic E-state index is 10.5. The van der Waals surface area contributed by atoms with Gasteiger partial charge in [-0.2, -0.15) is 5.10 Å². The third-order valence-electron chi connectivity index (χ3n) is 2.61. The van der Waals surface area contributed by atoms with Crippen LogP contribution in [-0.2, 0) is 11.3 Å². The first-order valence-electron chi connectivity index (χ1n) is 5.74. The monoisotopic (exact) mass is 258 g/mol. The minimum absolute atomic E-state index is 0.574. The summed E-state index contributed by atoms with van der Waals surface area (Å²) in [4.78, 5) is 10.5. The SMILES string of the molecule is COc1ccc(/C=C/C(=O)O)cc1Cn1cccn1. The van der Waals surface area contributed by atoms with Crippen molar-refractivity contribution in [1.29, 1.82) is 0 Å². The van der Waals surface area contributed by atoms with Crippen LogP contribution in [0.25, 0.3) is 6.08 Å². The number of nitrogens with zero attached hydrogens (tertiary/aromatic N) is 2. The fourth-order valence-electron chi connectivity index (χ4n) is 1.76. The molecule has 1 heterocycles. The van der Waals surface area contributed by atoms with Crippen molar-refractivity contribution in [3.63, 3.8) is 0 Å². The lowest BCUT2D eigenvalue weighted by Gasteiger charge is -2.09. The highest BCUT2D eigenvalue weighted by Gasteiger charge is 2.05. The summed E-state index contributed by atoms with van der Waals surface area (Å²) in [6.07, 6.45) is 6.23. The average molecular weight is 258 g/mol. The molecule has 0 aliphatic rings. The van der Waals surface area contributed by atoms with Crippen LogP contribution in [-0.4, -0.2) is 28.0 Å². The van der Waals surface area contributed by atoms with Gasteiger partial charge in [0.25, 0.3) is 0 Å². The van der Waals surface area contributed by atoms with E-state index in [2.05, 4.69) is 5.10 Å². The molecule has 0 bridgehead atoms. The molecule has 0 saturated carbocycles. The highest BCUT2D eigenvalue weighted by Crippen LogP contribution is 2.21. The molecule has 1 N–H and O–H groups in total. The second kappa shape index (κ2) is 5.86. The zero-order chi connectivity index (χ0) is 13.7. The van der Waals surface area contributed by atoms with E-state index in [1.807, 2.05) is 30.5 Å². The first kappa shape index (κ1) is 12.9. The van der Waals surface area contributed by atoms with Gasteiger partial charge in [0, 0.05) is 24.0 Å². The fourth-order valence-corrected chi connectivity index (χ4v) is 1.76. The molecule has 5 nitrogen and oxygen atoms in total. The van der Waals surface area contributed by atoms with Crippen LogP contribution in [0.2, 0.25) is 0 Å². The van der Waals surface area contributed by atoms with Gasteiger partial charge in [-0.1, -0.05) is 6.07 Å². The van der Waals surface area contributed by atoms with E-state index in [0.29, 0.717) is 6.54 Å². The van der Waals surface area contributed by atoms with E-state index < -0.39 is 5.97 Å². The number of hydrogen-bond donors (Lipinski definition) is 1. The van der Waals surface area contributed by atoms with Crippen LogP contribution >= 0.6 is 0 Å². The molecule has 1 aromatic carbocycles. The molecular formula is C14H14N2O3. The summed E-state index contributed by atoms with van der Waals surface area (Å²) >= 11 is 0. The largest absolute Gasteiger partial charge is 0.496 e. The Morgan fingerprint density at radius 3 is 3.00 bits per heavy atom. The minimum Gasteiger partial charge on any atom is -0.496 e. The van der Waals surface area contributed by atoms with E-state index in [1.54, 1.807) is 24.1 Å². The summed E-state index contributed by atoms with van der Waals surface area (Å²) in [5, 5.41) is 12.8. The lowest BCUT2D eigenvalue weighted by atomic mass is 10.1. The number of carbonyl (C=O) groups is 1. The molecule has 0 amide bonds. The summed E-state index contributed by atoms with van der Waals surface area (Å²) in [5.41, 5.74) is 1.75. The molecule has 0 atom stereocenters. The molecule has 0 spiro atoms. The third kappa shape index (κ3) is 3.45. The number of aliphatic carboxylic acids is 1. The number of hydrogen-bond acceptors (Lipinski definition) is 3. The molecule has 2 rings (SSSR count). The molecule has 0 aliphatic carbocycles. The predicted molar refractivity (Wildman–Crippen MR) is 71.0 cm³/mol. The molecule has 0 unspecified atom stereocenters. The maximum atomic E-state index is 10.5. The Hall–Kier alpha value is -2.56. The molecule has 0 fully saturated rings. The summed E-state index contributed by atoms with van der Waals surface area (Å²) in [6.45, 7) is 0.574. The lowest BCUT2D eigenvalue weighted by molar-refractivity contribution is -0.131. The Labute approximate surface area is 110 Å². The van der Waals surface area contributed by atoms with Crippen LogP contribution in [0, 0.1) is 0 Å². The maximum Gasteiger partial charge on any atom is 0.328 e. The van der Waals surface area contributed by atoms with Crippen LogP contribution < -0.4 is 4.74 Å². The number of ether oxygens (including phenoxy) is 1. The van der Waals surface area contributed by atoms with Gasteiger partial charge in [0.2, 0.25) is 0 Å². The molecule has 5 heteroatoms. The summed E-state index contributed by atoms with van der Waals surface area (Å²) in [7, 11) is 1.61. The number of carboxylic acid groups (broad SMARTS) is 1. The second-order valence-electron chi connectivity index (χ2n) is 3.95. The second-order valence-corrected chi connectivity index (χ2v) is 3.95. The lowest BCUT2D eigenvalue weighted by Crippen LogP contribution is -2.02. The van der Waals surface area contributed by atoms with E-state index in [1.165, 1.54) is 0 Å². The zero-order valence-electron chi connectivity index (χ0n) is 10.5. The standard InChI is InChI=1S/C14H14N2O3/c1-19-13-5-3-11(4-6-14(17)18)9-12(13)10-16-8-2-7-15-16/h2-9H,10H2,1H3,(H,17,18)/b6-4+. The number of aromatic nitrogens is 2. The van der Waals surface area contributed by atoms with E-state index in [-0.39, 0.29) is 0 Å². The van der Waals surface area contributed by atoms with Crippen molar-refractivity contribution in [3.8, 4) is 5.75 Å². The van der Waals surface area contributed by atoms with Gasteiger partial charge in [0.05, 0.1) is 13.7 Å². The van der Waals surface area contributed by atoms with Gasteiger partial charge in [-0.15, -0.1) is 0 Å². The van der Waals surface area contributed by atoms with Gasteiger partial charge in [-0.25, -0.2) is 4.79 Å². The van der Waals surface area contributed by atoms with Crippen LogP contribution in [0.3, 0.4) is 0 Å². The van der Waals surface area contributed by atoms with Crippen molar-refractivity contribution >= 4 is 12.0 Å². The Balaban J connectivity index is 2.28. The number of rotatable bonds is 5. The number of benzene rings is 1. The van der Waals surface area contributed by atoms with Crippen molar-refractivity contribution in [3.05, 3.63) is 53.9 Å². The molecule has 0 aliphatic heterocycles. The highest BCUT2D eigenvalue weighted by atomic mass is 16.5.